The third-order valence-electron chi connectivity index (χ3n) is 3.83. The molecule has 1 aromatic carbocycles. The Morgan fingerprint density at radius 3 is 2.33 bits per heavy atom. The minimum absolute atomic E-state index is 0.239. The zero-order valence-electron chi connectivity index (χ0n) is 12.9. The third-order valence-corrected chi connectivity index (χ3v) is 3.83. The molecule has 2 rings (SSSR count). The molecule has 0 bridgehead atoms. The number of pyridine rings is 1. The molecule has 2 amide bonds. The summed E-state index contributed by atoms with van der Waals surface area (Å²) in [5, 5.41) is 5.67. The smallest absolute Gasteiger partial charge is 0.320 e. The number of hydrogen-bond acceptors (Lipinski definition) is 2. The lowest BCUT2D eigenvalue weighted by Gasteiger charge is -2.14. The molecule has 1 heterocycles. The molecule has 4 nitrogen and oxygen atoms in total. The first kappa shape index (κ1) is 15.0. The molecule has 1 aromatic heterocycles. The highest BCUT2D eigenvalue weighted by molar-refractivity contribution is 5.89. The van der Waals surface area contributed by atoms with Crippen molar-refractivity contribution in [3.8, 4) is 0 Å². The Morgan fingerprint density at radius 1 is 1.00 bits per heavy atom. The molecule has 0 radical (unpaired) electrons. The topological polar surface area (TPSA) is 54.0 Å². The summed E-state index contributed by atoms with van der Waals surface area (Å²) in [6, 6.07) is 9.57. The standard InChI is InChI=1S/C17H21N3O/c1-11-12(2)14(4)19-16(13(11)3)20-17(21)18-10-15-8-6-5-7-9-15/h5-9H,10H2,1-4H3,(H2,18,19,20,21). The zero-order valence-corrected chi connectivity index (χ0v) is 12.9. The fraction of sp³-hybridized carbons (Fsp3) is 0.294. The summed E-state index contributed by atoms with van der Waals surface area (Å²) in [6.07, 6.45) is 0. The number of urea groups is 1. The quantitative estimate of drug-likeness (QED) is 0.903. The van der Waals surface area contributed by atoms with Crippen molar-refractivity contribution >= 4 is 11.8 Å². The second-order valence-corrected chi connectivity index (χ2v) is 5.21. The Balaban J connectivity index is 2.03. The van der Waals surface area contributed by atoms with Crippen LogP contribution in [-0.4, -0.2) is 11.0 Å². The van der Waals surface area contributed by atoms with Crippen LogP contribution in [0.1, 0.15) is 27.9 Å². The molecule has 0 unspecified atom stereocenters. The van der Waals surface area contributed by atoms with Gasteiger partial charge in [0.1, 0.15) is 5.82 Å². The van der Waals surface area contributed by atoms with Gasteiger partial charge in [-0.25, -0.2) is 9.78 Å². The van der Waals surface area contributed by atoms with E-state index in [1.165, 1.54) is 11.1 Å². The minimum atomic E-state index is -0.239. The van der Waals surface area contributed by atoms with Crippen LogP contribution in [0.25, 0.3) is 0 Å². The van der Waals surface area contributed by atoms with Gasteiger partial charge in [-0.05, 0) is 49.9 Å². The fourth-order valence-electron chi connectivity index (χ4n) is 2.12. The van der Waals surface area contributed by atoms with E-state index in [1.807, 2.05) is 58.0 Å². The largest absolute Gasteiger partial charge is 0.334 e. The van der Waals surface area contributed by atoms with E-state index in [1.54, 1.807) is 0 Å². The maximum Gasteiger partial charge on any atom is 0.320 e. The Kier molecular flexibility index (Phi) is 4.58. The first-order valence-corrected chi connectivity index (χ1v) is 7.02. The number of amides is 2. The molecule has 0 fully saturated rings. The normalized spacial score (nSPS) is 10.3. The molecule has 2 N–H and O–H groups in total. The maximum absolute atomic E-state index is 12.0. The zero-order chi connectivity index (χ0) is 15.4. The van der Waals surface area contributed by atoms with E-state index < -0.39 is 0 Å². The van der Waals surface area contributed by atoms with Gasteiger partial charge < -0.3 is 5.32 Å². The van der Waals surface area contributed by atoms with Gasteiger partial charge in [0.15, 0.2) is 0 Å². The Bertz CT molecular complexity index is 651. The van der Waals surface area contributed by atoms with Crippen molar-refractivity contribution in [3.63, 3.8) is 0 Å². The van der Waals surface area contributed by atoms with Crippen molar-refractivity contribution in [1.82, 2.24) is 10.3 Å². The first-order valence-electron chi connectivity index (χ1n) is 7.02. The van der Waals surface area contributed by atoms with E-state index in [9.17, 15) is 4.79 Å². The molecule has 4 heteroatoms. The Morgan fingerprint density at radius 2 is 1.67 bits per heavy atom. The summed E-state index contributed by atoms with van der Waals surface area (Å²) in [5.74, 6) is 0.626. The monoisotopic (exact) mass is 283 g/mol. The van der Waals surface area contributed by atoms with Crippen LogP contribution < -0.4 is 10.6 Å². The molecule has 2 aromatic rings. The molecular weight excluding hydrogens is 262 g/mol. The van der Waals surface area contributed by atoms with Crippen molar-refractivity contribution < 1.29 is 4.79 Å². The highest BCUT2D eigenvalue weighted by atomic mass is 16.2. The van der Waals surface area contributed by atoms with Gasteiger partial charge >= 0.3 is 6.03 Å². The summed E-state index contributed by atoms with van der Waals surface area (Å²) < 4.78 is 0. The van der Waals surface area contributed by atoms with Gasteiger partial charge in [0.05, 0.1) is 0 Å². The Hall–Kier alpha value is -2.36. The molecule has 0 aliphatic heterocycles. The minimum Gasteiger partial charge on any atom is -0.334 e. The first-order chi connectivity index (χ1) is 9.99. The number of aryl methyl sites for hydroxylation is 1. The number of anilines is 1. The summed E-state index contributed by atoms with van der Waals surface area (Å²) in [6.45, 7) is 8.52. The van der Waals surface area contributed by atoms with Crippen molar-refractivity contribution in [1.29, 1.82) is 0 Å². The number of benzene rings is 1. The average molecular weight is 283 g/mol. The molecule has 0 aliphatic carbocycles. The van der Waals surface area contributed by atoms with E-state index >= 15 is 0 Å². The predicted octanol–water partition coefficient (Wildman–Crippen LogP) is 3.64. The van der Waals surface area contributed by atoms with Crippen LogP contribution in [0.4, 0.5) is 10.6 Å². The van der Waals surface area contributed by atoms with Crippen molar-refractivity contribution in [2.75, 3.05) is 5.32 Å². The lowest BCUT2D eigenvalue weighted by Crippen LogP contribution is -2.29. The van der Waals surface area contributed by atoms with Crippen LogP contribution in [0, 0.1) is 27.7 Å². The van der Waals surface area contributed by atoms with E-state index in [4.69, 9.17) is 0 Å². The number of carbonyl (C=O) groups excluding carboxylic acids is 1. The molecule has 0 spiro atoms. The van der Waals surface area contributed by atoms with Gasteiger partial charge in [-0.3, -0.25) is 5.32 Å². The summed E-state index contributed by atoms with van der Waals surface area (Å²) >= 11 is 0. The molecule has 0 saturated carbocycles. The fourth-order valence-corrected chi connectivity index (χ4v) is 2.12. The lowest BCUT2D eigenvalue weighted by molar-refractivity contribution is 0.251. The molecular formula is C17H21N3O. The van der Waals surface area contributed by atoms with Crippen LogP contribution in [0.2, 0.25) is 0 Å². The summed E-state index contributed by atoms with van der Waals surface area (Å²) in [7, 11) is 0. The van der Waals surface area contributed by atoms with Crippen molar-refractivity contribution in [2.45, 2.75) is 34.2 Å². The molecule has 0 saturated heterocycles. The maximum atomic E-state index is 12.0. The van der Waals surface area contributed by atoms with E-state index in [2.05, 4.69) is 15.6 Å². The van der Waals surface area contributed by atoms with Gasteiger partial charge in [0, 0.05) is 12.2 Å². The molecule has 110 valence electrons. The third kappa shape index (κ3) is 3.60. The number of carbonyl (C=O) groups is 1. The van der Waals surface area contributed by atoms with Gasteiger partial charge in [-0.2, -0.15) is 0 Å². The highest BCUT2D eigenvalue weighted by Crippen LogP contribution is 2.21. The number of aromatic nitrogens is 1. The number of rotatable bonds is 3. The highest BCUT2D eigenvalue weighted by Gasteiger charge is 2.11. The lowest BCUT2D eigenvalue weighted by atomic mass is 10.0. The Labute approximate surface area is 125 Å². The van der Waals surface area contributed by atoms with Gasteiger partial charge in [0.2, 0.25) is 0 Å². The van der Waals surface area contributed by atoms with Crippen LogP contribution in [0.3, 0.4) is 0 Å². The van der Waals surface area contributed by atoms with Crippen LogP contribution in [0.5, 0.6) is 0 Å². The van der Waals surface area contributed by atoms with Crippen molar-refractivity contribution in [2.24, 2.45) is 0 Å². The number of hydrogen-bond donors (Lipinski definition) is 2. The van der Waals surface area contributed by atoms with Crippen molar-refractivity contribution in [3.05, 3.63) is 58.3 Å². The summed E-state index contributed by atoms with van der Waals surface area (Å²) in [4.78, 5) is 16.4. The summed E-state index contributed by atoms with van der Waals surface area (Å²) in [5.41, 5.74) is 5.35. The second-order valence-electron chi connectivity index (χ2n) is 5.21. The van der Waals surface area contributed by atoms with E-state index in [0.717, 1.165) is 16.8 Å². The molecule has 21 heavy (non-hydrogen) atoms. The van der Waals surface area contributed by atoms with Crippen LogP contribution in [0.15, 0.2) is 30.3 Å². The molecule has 0 aliphatic rings. The predicted molar refractivity (Wildman–Crippen MR) is 85.5 cm³/mol. The van der Waals surface area contributed by atoms with E-state index in [-0.39, 0.29) is 6.03 Å². The van der Waals surface area contributed by atoms with E-state index in [0.29, 0.717) is 12.4 Å². The van der Waals surface area contributed by atoms with Gasteiger partial charge in [-0.15, -0.1) is 0 Å². The SMILES string of the molecule is Cc1nc(NC(=O)NCc2ccccc2)c(C)c(C)c1C. The average Bonchev–Trinajstić information content (AvgIpc) is 2.49. The number of nitrogens with zero attached hydrogens (tertiary/aromatic N) is 1. The van der Waals surface area contributed by atoms with Gasteiger partial charge in [0.25, 0.3) is 0 Å². The van der Waals surface area contributed by atoms with Crippen LogP contribution >= 0.6 is 0 Å². The molecule has 0 atom stereocenters. The number of nitrogens with one attached hydrogen (secondary N) is 2. The van der Waals surface area contributed by atoms with Crippen LogP contribution in [-0.2, 0) is 6.54 Å². The van der Waals surface area contributed by atoms with Gasteiger partial charge in [-0.1, -0.05) is 30.3 Å². The second kappa shape index (κ2) is 6.39.